The third kappa shape index (κ3) is 3.67. The summed E-state index contributed by atoms with van der Waals surface area (Å²) in [6.07, 6.45) is -7.20. The minimum absolute atomic E-state index is 0.171. The number of hydrogen-bond donors (Lipinski definition) is 1. The van der Waals surface area contributed by atoms with Crippen molar-refractivity contribution >= 4 is 5.97 Å². The van der Waals surface area contributed by atoms with Gasteiger partial charge in [-0.2, -0.15) is 13.2 Å². The molecule has 0 aromatic rings. The molecule has 0 aliphatic carbocycles. The van der Waals surface area contributed by atoms with Crippen molar-refractivity contribution in [2.45, 2.75) is 24.8 Å². The fourth-order valence-electron chi connectivity index (χ4n) is 1.29. The first kappa shape index (κ1) is 12.3. The molecule has 1 N–H and O–H groups in total. The standard InChI is InChI=1S/C8H12F3NO3/c1-14-7(13)2-5-3-12-4-6(15-5)8(9,10)11/h5-6,12H,2-4H2,1H3/t5-,6+/m1/s1. The Hall–Kier alpha value is -0.820. The van der Waals surface area contributed by atoms with Gasteiger partial charge >= 0.3 is 12.1 Å². The first-order chi connectivity index (χ1) is 6.93. The number of halogens is 3. The van der Waals surface area contributed by atoms with E-state index in [1.54, 1.807) is 0 Å². The van der Waals surface area contributed by atoms with Crippen LogP contribution in [0.4, 0.5) is 13.2 Å². The molecule has 0 bridgehead atoms. The molecular weight excluding hydrogens is 215 g/mol. The molecule has 0 unspecified atom stereocenters. The quantitative estimate of drug-likeness (QED) is 0.696. The van der Waals surface area contributed by atoms with Crippen LogP contribution < -0.4 is 5.32 Å². The molecule has 1 fully saturated rings. The molecule has 2 atom stereocenters. The summed E-state index contributed by atoms with van der Waals surface area (Å²) in [5.41, 5.74) is 0. The van der Waals surface area contributed by atoms with Crippen molar-refractivity contribution in [1.29, 1.82) is 0 Å². The first-order valence-corrected chi connectivity index (χ1v) is 4.43. The van der Waals surface area contributed by atoms with Crippen molar-refractivity contribution < 1.29 is 27.4 Å². The maximum Gasteiger partial charge on any atom is 0.415 e. The van der Waals surface area contributed by atoms with Gasteiger partial charge in [0.15, 0.2) is 6.10 Å². The van der Waals surface area contributed by atoms with E-state index < -0.39 is 24.4 Å². The van der Waals surface area contributed by atoms with Crippen molar-refractivity contribution in [2.24, 2.45) is 0 Å². The van der Waals surface area contributed by atoms with Gasteiger partial charge in [-0.25, -0.2) is 0 Å². The number of alkyl halides is 3. The van der Waals surface area contributed by atoms with Crippen LogP contribution in [0.2, 0.25) is 0 Å². The highest BCUT2D eigenvalue weighted by molar-refractivity contribution is 5.69. The minimum atomic E-state index is -4.40. The molecule has 0 saturated carbocycles. The molecule has 1 saturated heterocycles. The Morgan fingerprint density at radius 2 is 2.20 bits per heavy atom. The highest BCUT2D eigenvalue weighted by Crippen LogP contribution is 2.25. The summed E-state index contributed by atoms with van der Waals surface area (Å²) < 4.78 is 45.8. The van der Waals surface area contributed by atoms with Gasteiger partial charge in [0.1, 0.15) is 0 Å². The Labute approximate surface area is 84.7 Å². The van der Waals surface area contributed by atoms with Crippen molar-refractivity contribution in [1.82, 2.24) is 5.32 Å². The number of ether oxygens (including phenoxy) is 2. The lowest BCUT2D eigenvalue weighted by molar-refractivity contribution is -0.240. The van der Waals surface area contributed by atoms with E-state index in [1.807, 2.05) is 0 Å². The average Bonchev–Trinajstić information content (AvgIpc) is 2.17. The Morgan fingerprint density at radius 1 is 1.53 bits per heavy atom. The third-order valence-corrected chi connectivity index (χ3v) is 2.05. The third-order valence-electron chi connectivity index (χ3n) is 2.05. The van der Waals surface area contributed by atoms with Crippen LogP contribution in [0.1, 0.15) is 6.42 Å². The maximum absolute atomic E-state index is 12.3. The van der Waals surface area contributed by atoms with Crippen LogP contribution in [0.3, 0.4) is 0 Å². The highest BCUT2D eigenvalue weighted by Gasteiger charge is 2.43. The van der Waals surface area contributed by atoms with Crippen molar-refractivity contribution in [3.05, 3.63) is 0 Å². The van der Waals surface area contributed by atoms with E-state index in [9.17, 15) is 18.0 Å². The Morgan fingerprint density at radius 3 is 2.73 bits per heavy atom. The van der Waals surface area contributed by atoms with Crippen LogP contribution in [-0.4, -0.2) is 44.6 Å². The Bertz CT molecular complexity index is 232. The van der Waals surface area contributed by atoms with Crippen LogP contribution in [0, 0.1) is 0 Å². The van der Waals surface area contributed by atoms with Gasteiger partial charge in [0, 0.05) is 13.1 Å². The normalized spacial score (nSPS) is 27.5. The Balaban J connectivity index is 2.46. The van der Waals surface area contributed by atoms with Crippen LogP contribution in [0.15, 0.2) is 0 Å². The summed E-state index contributed by atoms with van der Waals surface area (Å²) in [4.78, 5) is 10.8. The molecule has 0 radical (unpaired) electrons. The number of hydrogen-bond acceptors (Lipinski definition) is 4. The predicted molar refractivity (Wildman–Crippen MR) is 44.2 cm³/mol. The fraction of sp³-hybridized carbons (Fsp3) is 0.875. The van der Waals surface area contributed by atoms with Gasteiger partial charge in [0.05, 0.1) is 19.6 Å². The molecule has 88 valence electrons. The van der Waals surface area contributed by atoms with Crippen LogP contribution in [-0.2, 0) is 14.3 Å². The van der Waals surface area contributed by atoms with E-state index in [4.69, 9.17) is 4.74 Å². The number of carbonyl (C=O) groups excluding carboxylic acids is 1. The van der Waals surface area contributed by atoms with Crippen molar-refractivity contribution in [2.75, 3.05) is 20.2 Å². The summed E-state index contributed by atoms with van der Waals surface area (Å²) >= 11 is 0. The van der Waals surface area contributed by atoms with Crippen molar-refractivity contribution in [3.8, 4) is 0 Å². The Kier molecular flexibility index (Phi) is 3.92. The number of carbonyl (C=O) groups is 1. The summed E-state index contributed by atoms with van der Waals surface area (Å²) in [5.74, 6) is -0.579. The zero-order valence-corrected chi connectivity index (χ0v) is 8.13. The smallest absolute Gasteiger partial charge is 0.415 e. The lowest BCUT2D eigenvalue weighted by Crippen LogP contribution is -2.51. The predicted octanol–water partition coefficient (Wildman–Crippen LogP) is 0.469. The SMILES string of the molecule is COC(=O)C[C@@H]1CNC[C@@H](C(F)(F)F)O1. The number of rotatable bonds is 2. The van der Waals surface area contributed by atoms with E-state index in [0.717, 1.165) is 0 Å². The molecule has 1 aliphatic rings. The van der Waals surface area contributed by atoms with E-state index in [0.29, 0.717) is 0 Å². The molecule has 4 nitrogen and oxygen atoms in total. The number of nitrogens with one attached hydrogen (secondary N) is 1. The molecule has 15 heavy (non-hydrogen) atoms. The summed E-state index contributed by atoms with van der Waals surface area (Å²) in [5, 5.41) is 2.57. The summed E-state index contributed by atoms with van der Waals surface area (Å²) in [6.45, 7) is -0.0527. The van der Waals surface area contributed by atoms with E-state index in [-0.39, 0.29) is 19.5 Å². The summed E-state index contributed by atoms with van der Waals surface area (Å²) in [6, 6.07) is 0. The lowest BCUT2D eigenvalue weighted by atomic mass is 10.2. The van der Waals surface area contributed by atoms with Crippen LogP contribution >= 0.6 is 0 Å². The molecule has 0 spiro atoms. The van der Waals surface area contributed by atoms with E-state index in [1.165, 1.54) is 7.11 Å². The van der Waals surface area contributed by atoms with Crippen LogP contribution in [0.5, 0.6) is 0 Å². The lowest BCUT2D eigenvalue weighted by Gasteiger charge is -2.31. The van der Waals surface area contributed by atoms with E-state index in [2.05, 4.69) is 10.1 Å². The van der Waals surface area contributed by atoms with Gasteiger partial charge in [-0.15, -0.1) is 0 Å². The highest BCUT2D eigenvalue weighted by atomic mass is 19.4. The molecule has 0 amide bonds. The molecule has 0 aromatic heterocycles. The van der Waals surface area contributed by atoms with Gasteiger partial charge in [0.2, 0.25) is 0 Å². The molecule has 7 heteroatoms. The number of esters is 1. The molecule has 1 aliphatic heterocycles. The monoisotopic (exact) mass is 227 g/mol. The van der Waals surface area contributed by atoms with Gasteiger partial charge in [-0.3, -0.25) is 4.79 Å². The topological polar surface area (TPSA) is 47.6 Å². The molecular formula is C8H12F3NO3. The van der Waals surface area contributed by atoms with Gasteiger partial charge in [-0.05, 0) is 0 Å². The van der Waals surface area contributed by atoms with E-state index >= 15 is 0 Å². The van der Waals surface area contributed by atoms with Crippen molar-refractivity contribution in [3.63, 3.8) is 0 Å². The average molecular weight is 227 g/mol. The molecule has 1 heterocycles. The van der Waals surface area contributed by atoms with Gasteiger partial charge in [0.25, 0.3) is 0 Å². The second-order valence-corrected chi connectivity index (χ2v) is 3.23. The second kappa shape index (κ2) is 4.80. The van der Waals surface area contributed by atoms with Crippen LogP contribution in [0.25, 0.3) is 0 Å². The number of methoxy groups -OCH3 is 1. The zero-order valence-electron chi connectivity index (χ0n) is 8.13. The maximum atomic E-state index is 12.3. The summed E-state index contributed by atoms with van der Waals surface area (Å²) in [7, 11) is 1.18. The minimum Gasteiger partial charge on any atom is -0.469 e. The largest absolute Gasteiger partial charge is 0.469 e. The molecule has 1 rings (SSSR count). The van der Waals surface area contributed by atoms with Gasteiger partial charge in [-0.1, -0.05) is 0 Å². The fourth-order valence-corrected chi connectivity index (χ4v) is 1.29. The number of morpholine rings is 1. The van der Waals surface area contributed by atoms with Gasteiger partial charge < -0.3 is 14.8 Å². The second-order valence-electron chi connectivity index (χ2n) is 3.23. The zero-order chi connectivity index (χ0) is 11.5. The molecule has 0 aromatic carbocycles. The first-order valence-electron chi connectivity index (χ1n) is 4.43.